The molecule has 24 heavy (non-hydrogen) atoms. The van der Waals surface area contributed by atoms with Gasteiger partial charge in [-0.25, -0.2) is 9.18 Å². The molecule has 124 valence electrons. The largest absolute Gasteiger partial charge is 0.478 e. The molecule has 0 bridgehead atoms. The van der Waals surface area contributed by atoms with Crippen LogP contribution in [-0.4, -0.2) is 22.1 Å². The van der Waals surface area contributed by atoms with Crippen molar-refractivity contribution in [2.45, 2.75) is 0 Å². The van der Waals surface area contributed by atoms with Crippen molar-refractivity contribution in [1.29, 1.82) is 0 Å². The van der Waals surface area contributed by atoms with E-state index >= 15 is 0 Å². The van der Waals surface area contributed by atoms with E-state index in [4.69, 9.17) is 40.5 Å². The standard InChI is InChI=1S/C15H9Cl2FN2O3S/c16-10-6-11(17)12(5-9(10)14(22)23)19-15(24)20-13(21)7-2-1-3-8(18)4-7/h1-6H,(H,22,23)(H2,19,20,21,24). The number of hydrogen-bond acceptors (Lipinski definition) is 3. The number of hydrogen-bond donors (Lipinski definition) is 3. The molecule has 0 aliphatic carbocycles. The van der Waals surface area contributed by atoms with Gasteiger partial charge in [0.2, 0.25) is 0 Å². The topological polar surface area (TPSA) is 78.4 Å². The van der Waals surface area contributed by atoms with E-state index < -0.39 is 17.7 Å². The van der Waals surface area contributed by atoms with E-state index in [-0.39, 0.29) is 32.0 Å². The summed E-state index contributed by atoms with van der Waals surface area (Å²) in [6.45, 7) is 0. The molecular formula is C15H9Cl2FN2O3S. The van der Waals surface area contributed by atoms with Gasteiger partial charge in [0.1, 0.15) is 5.82 Å². The Balaban J connectivity index is 2.14. The second-order valence-corrected chi connectivity index (χ2v) is 5.76. The first-order valence-corrected chi connectivity index (χ1v) is 7.54. The summed E-state index contributed by atoms with van der Waals surface area (Å²) in [6, 6.07) is 7.48. The van der Waals surface area contributed by atoms with Crippen LogP contribution in [0.5, 0.6) is 0 Å². The first kappa shape index (κ1) is 18.1. The number of carboxylic acid groups (broad SMARTS) is 1. The lowest BCUT2D eigenvalue weighted by atomic mass is 10.2. The summed E-state index contributed by atoms with van der Waals surface area (Å²) in [4.78, 5) is 23.0. The number of nitrogens with one attached hydrogen (secondary N) is 2. The highest BCUT2D eigenvalue weighted by Crippen LogP contribution is 2.29. The van der Waals surface area contributed by atoms with Crippen LogP contribution < -0.4 is 10.6 Å². The van der Waals surface area contributed by atoms with Gasteiger partial charge in [-0.15, -0.1) is 0 Å². The van der Waals surface area contributed by atoms with Crippen LogP contribution in [0.2, 0.25) is 10.0 Å². The maximum Gasteiger partial charge on any atom is 0.337 e. The van der Waals surface area contributed by atoms with E-state index in [1.165, 1.54) is 30.3 Å². The van der Waals surface area contributed by atoms with Crippen molar-refractivity contribution in [3.8, 4) is 0 Å². The molecule has 3 N–H and O–H groups in total. The highest BCUT2D eigenvalue weighted by atomic mass is 35.5. The van der Waals surface area contributed by atoms with Crippen molar-refractivity contribution in [1.82, 2.24) is 5.32 Å². The Morgan fingerprint density at radius 1 is 1.12 bits per heavy atom. The summed E-state index contributed by atoms with van der Waals surface area (Å²) < 4.78 is 13.1. The number of carbonyl (C=O) groups excluding carboxylic acids is 1. The lowest BCUT2D eigenvalue weighted by molar-refractivity contribution is 0.0697. The molecule has 0 unspecified atom stereocenters. The van der Waals surface area contributed by atoms with Crippen LogP contribution in [0.15, 0.2) is 36.4 Å². The Bertz CT molecular complexity index is 845. The quantitative estimate of drug-likeness (QED) is 0.695. The zero-order valence-corrected chi connectivity index (χ0v) is 14.1. The van der Waals surface area contributed by atoms with Crippen molar-refractivity contribution in [3.05, 3.63) is 63.4 Å². The van der Waals surface area contributed by atoms with Crippen LogP contribution in [0.1, 0.15) is 20.7 Å². The number of halogens is 3. The van der Waals surface area contributed by atoms with Gasteiger partial charge in [-0.1, -0.05) is 29.3 Å². The van der Waals surface area contributed by atoms with E-state index in [2.05, 4.69) is 10.6 Å². The average molecular weight is 387 g/mol. The molecule has 9 heteroatoms. The average Bonchev–Trinajstić information content (AvgIpc) is 2.49. The maximum atomic E-state index is 13.1. The van der Waals surface area contributed by atoms with E-state index in [9.17, 15) is 14.0 Å². The Kier molecular flexibility index (Phi) is 5.71. The molecule has 5 nitrogen and oxygen atoms in total. The fourth-order valence-corrected chi connectivity index (χ4v) is 2.48. The lowest BCUT2D eigenvalue weighted by Gasteiger charge is -2.12. The van der Waals surface area contributed by atoms with Gasteiger partial charge in [0.05, 0.1) is 21.3 Å². The Labute approximate surface area is 151 Å². The Morgan fingerprint density at radius 3 is 2.46 bits per heavy atom. The molecule has 0 spiro atoms. The number of aromatic carboxylic acids is 1. The van der Waals surface area contributed by atoms with E-state index in [1.807, 2.05) is 0 Å². The molecule has 2 aromatic rings. The molecule has 2 aromatic carbocycles. The second kappa shape index (κ2) is 7.57. The summed E-state index contributed by atoms with van der Waals surface area (Å²) in [7, 11) is 0. The van der Waals surface area contributed by atoms with E-state index in [0.29, 0.717) is 0 Å². The van der Waals surface area contributed by atoms with Crippen LogP contribution in [-0.2, 0) is 0 Å². The summed E-state index contributed by atoms with van der Waals surface area (Å²) in [6.07, 6.45) is 0. The zero-order chi connectivity index (χ0) is 17.9. The molecule has 0 saturated carbocycles. The third-order valence-electron chi connectivity index (χ3n) is 2.85. The molecule has 0 heterocycles. The second-order valence-electron chi connectivity index (χ2n) is 4.54. The SMILES string of the molecule is O=C(NC(=S)Nc1cc(C(=O)O)c(Cl)cc1Cl)c1cccc(F)c1. The van der Waals surface area contributed by atoms with Gasteiger partial charge in [0.25, 0.3) is 5.91 Å². The van der Waals surface area contributed by atoms with E-state index in [0.717, 1.165) is 6.07 Å². The van der Waals surface area contributed by atoms with Gasteiger partial charge in [0.15, 0.2) is 5.11 Å². The number of carboxylic acids is 1. The molecule has 0 saturated heterocycles. The van der Waals surface area contributed by atoms with Gasteiger partial charge in [-0.2, -0.15) is 0 Å². The number of anilines is 1. The van der Waals surface area contributed by atoms with Crippen LogP contribution in [0.4, 0.5) is 10.1 Å². The predicted molar refractivity (Wildman–Crippen MR) is 93.5 cm³/mol. The summed E-state index contributed by atoms with van der Waals surface area (Å²) in [5.41, 5.74) is 0.0541. The first-order valence-electron chi connectivity index (χ1n) is 6.38. The van der Waals surface area contributed by atoms with Crippen LogP contribution in [0, 0.1) is 5.82 Å². The van der Waals surface area contributed by atoms with Crippen molar-refractivity contribution >= 4 is 58.1 Å². The normalized spacial score (nSPS) is 10.1. The van der Waals surface area contributed by atoms with Gasteiger partial charge in [-0.05, 0) is 42.5 Å². The number of rotatable bonds is 3. The molecule has 0 atom stereocenters. The van der Waals surface area contributed by atoms with Crippen LogP contribution >= 0.6 is 35.4 Å². The van der Waals surface area contributed by atoms with Gasteiger partial charge >= 0.3 is 5.97 Å². The third-order valence-corrected chi connectivity index (χ3v) is 3.68. The molecule has 0 aliphatic heterocycles. The third kappa shape index (κ3) is 4.41. The summed E-state index contributed by atoms with van der Waals surface area (Å²) in [5, 5.41) is 13.9. The maximum absolute atomic E-state index is 13.1. The molecule has 2 rings (SSSR count). The monoisotopic (exact) mass is 386 g/mol. The molecule has 0 fully saturated rings. The Morgan fingerprint density at radius 2 is 1.83 bits per heavy atom. The summed E-state index contributed by atoms with van der Waals surface area (Å²) >= 11 is 16.7. The zero-order valence-electron chi connectivity index (χ0n) is 11.8. The number of amides is 1. The van der Waals surface area contributed by atoms with Crippen LogP contribution in [0.3, 0.4) is 0 Å². The Hall–Kier alpha value is -2.22. The number of thiocarbonyl (C=S) groups is 1. The lowest BCUT2D eigenvalue weighted by Crippen LogP contribution is -2.34. The van der Waals surface area contributed by atoms with Gasteiger partial charge in [0, 0.05) is 5.56 Å². The van der Waals surface area contributed by atoms with Crippen molar-refractivity contribution < 1.29 is 19.1 Å². The molecule has 0 aromatic heterocycles. The smallest absolute Gasteiger partial charge is 0.337 e. The fourth-order valence-electron chi connectivity index (χ4n) is 1.77. The minimum absolute atomic E-state index is 0.0345. The fraction of sp³-hybridized carbons (Fsp3) is 0. The first-order chi connectivity index (χ1) is 11.3. The molecule has 0 radical (unpaired) electrons. The number of benzene rings is 2. The molecule has 1 amide bonds. The van der Waals surface area contributed by atoms with Crippen molar-refractivity contribution in [3.63, 3.8) is 0 Å². The van der Waals surface area contributed by atoms with Crippen molar-refractivity contribution in [2.75, 3.05) is 5.32 Å². The van der Waals surface area contributed by atoms with E-state index in [1.54, 1.807) is 0 Å². The highest BCUT2D eigenvalue weighted by molar-refractivity contribution is 7.80. The van der Waals surface area contributed by atoms with Crippen LogP contribution in [0.25, 0.3) is 0 Å². The predicted octanol–water partition coefficient (Wildman–Crippen LogP) is 3.96. The van der Waals surface area contributed by atoms with Crippen molar-refractivity contribution in [2.24, 2.45) is 0 Å². The van der Waals surface area contributed by atoms with Gasteiger partial charge < -0.3 is 10.4 Å². The minimum atomic E-state index is -1.24. The van der Waals surface area contributed by atoms with Gasteiger partial charge in [-0.3, -0.25) is 10.1 Å². The summed E-state index contributed by atoms with van der Waals surface area (Å²) in [5.74, 6) is -2.43. The minimum Gasteiger partial charge on any atom is -0.478 e. The highest BCUT2D eigenvalue weighted by Gasteiger charge is 2.15. The number of carbonyl (C=O) groups is 2. The molecule has 0 aliphatic rings. The molecular weight excluding hydrogens is 378 g/mol.